The maximum Gasteiger partial charge on any atom is 0.251 e. The van der Waals surface area contributed by atoms with E-state index in [0.717, 1.165) is 29.7 Å². The largest absolute Gasteiger partial charge is 0.350 e. The monoisotopic (exact) mass is 446 g/mol. The number of rotatable bonds is 6. The van der Waals surface area contributed by atoms with Gasteiger partial charge in [0.05, 0.1) is 16.1 Å². The van der Waals surface area contributed by atoms with Gasteiger partial charge in [-0.15, -0.1) is 0 Å². The van der Waals surface area contributed by atoms with Crippen molar-refractivity contribution in [2.45, 2.75) is 31.2 Å². The minimum atomic E-state index is -3.70. The molecule has 1 amide bonds. The Morgan fingerprint density at radius 3 is 2.67 bits per heavy atom. The fourth-order valence-corrected chi connectivity index (χ4v) is 5.79. The number of para-hydroxylation sites is 2. The molecule has 2 aromatic carbocycles. The lowest BCUT2D eigenvalue weighted by molar-refractivity contribution is 0.0952. The number of carbonyl (C=O) groups excluding carboxylic acids is 1. The molecular formula is C21H23ClN4O3S. The first-order valence-electron chi connectivity index (χ1n) is 9.88. The molecule has 0 radical (unpaired) electrons. The van der Waals surface area contributed by atoms with Gasteiger partial charge in [0.2, 0.25) is 10.0 Å². The molecule has 0 saturated carbocycles. The summed E-state index contributed by atoms with van der Waals surface area (Å²) in [5.74, 6) is 0.530. The predicted molar refractivity (Wildman–Crippen MR) is 116 cm³/mol. The Labute approximate surface area is 180 Å². The third-order valence-corrected chi connectivity index (χ3v) is 7.72. The highest BCUT2D eigenvalue weighted by Crippen LogP contribution is 2.28. The zero-order valence-corrected chi connectivity index (χ0v) is 18.2. The third kappa shape index (κ3) is 3.95. The van der Waals surface area contributed by atoms with Gasteiger partial charge in [0.15, 0.2) is 0 Å². The summed E-state index contributed by atoms with van der Waals surface area (Å²) in [5, 5.41) is 2.98. The molecule has 2 heterocycles. The van der Waals surface area contributed by atoms with E-state index in [0.29, 0.717) is 26.2 Å². The molecule has 1 aliphatic heterocycles. The Bertz CT molecular complexity index is 1200. The van der Waals surface area contributed by atoms with E-state index in [1.165, 1.54) is 16.4 Å². The highest BCUT2D eigenvalue weighted by molar-refractivity contribution is 7.89. The number of benzene rings is 2. The SMILES string of the molecule is Cc1nc2ccccc2n1CCNC(=O)c1ccc(Cl)c(S(=O)(=O)N2CCCC2)c1. The molecule has 4 rings (SSSR count). The van der Waals surface area contributed by atoms with Crippen molar-refractivity contribution in [2.75, 3.05) is 19.6 Å². The number of nitrogens with one attached hydrogen (secondary N) is 1. The van der Waals surface area contributed by atoms with Crippen LogP contribution in [0.3, 0.4) is 0 Å². The lowest BCUT2D eigenvalue weighted by atomic mass is 10.2. The Balaban J connectivity index is 1.48. The summed E-state index contributed by atoms with van der Waals surface area (Å²) in [6.45, 7) is 3.83. The Kier molecular flexibility index (Phi) is 5.81. The molecule has 1 fully saturated rings. The van der Waals surface area contributed by atoms with Gasteiger partial charge in [0.25, 0.3) is 5.91 Å². The molecular weight excluding hydrogens is 424 g/mol. The van der Waals surface area contributed by atoms with Crippen molar-refractivity contribution in [3.05, 3.63) is 58.9 Å². The number of halogens is 1. The number of fused-ring (bicyclic) bond motifs is 1. The molecule has 7 nitrogen and oxygen atoms in total. The maximum atomic E-state index is 12.9. The minimum Gasteiger partial charge on any atom is -0.350 e. The second-order valence-electron chi connectivity index (χ2n) is 7.31. The van der Waals surface area contributed by atoms with Crippen molar-refractivity contribution in [2.24, 2.45) is 0 Å². The molecule has 1 saturated heterocycles. The van der Waals surface area contributed by atoms with Gasteiger partial charge in [-0.1, -0.05) is 23.7 Å². The number of hydrogen-bond donors (Lipinski definition) is 1. The van der Waals surface area contributed by atoms with Crippen molar-refractivity contribution in [1.29, 1.82) is 0 Å². The summed E-state index contributed by atoms with van der Waals surface area (Å²) in [7, 11) is -3.70. The molecule has 158 valence electrons. The van der Waals surface area contributed by atoms with Crippen LogP contribution >= 0.6 is 11.6 Å². The number of amides is 1. The second kappa shape index (κ2) is 8.37. The standard InChI is InChI=1S/C21H23ClN4O3S/c1-15-24-18-6-2-3-7-19(18)26(15)13-10-23-21(27)16-8-9-17(22)20(14-16)30(28,29)25-11-4-5-12-25/h2-3,6-9,14H,4-5,10-13H2,1H3,(H,23,27). The predicted octanol–water partition coefficient (Wildman–Crippen LogP) is 3.21. The quantitative estimate of drug-likeness (QED) is 0.630. The number of imidazole rings is 1. The Morgan fingerprint density at radius 1 is 1.17 bits per heavy atom. The number of nitrogens with zero attached hydrogens (tertiary/aromatic N) is 3. The maximum absolute atomic E-state index is 12.9. The van der Waals surface area contributed by atoms with E-state index in [1.807, 2.05) is 35.8 Å². The van der Waals surface area contributed by atoms with E-state index in [-0.39, 0.29) is 21.4 Å². The average molecular weight is 447 g/mol. The fourth-order valence-electron chi connectivity index (χ4n) is 3.77. The van der Waals surface area contributed by atoms with E-state index < -0.39 is 10.0 Å². The summed E-state index contributed by atoms with van der Waals surface area (Å²) in [5.41, 5.74) is 2.19. The van der Waals surface area contributed by atoms with E-state index in [9.17, 15) is 13.2 Å². The topological polar surface area (TPSA) is 84.3 Å². The first-order valence-corrected chi connectivity index (χ1v) is 11.7. The van der Waals surface area contributed by atoms with Crippen molar-refractivity contribution in [3.63, 3.8) is 0 Å². The molecule has 0 bridgehead atoms. The lowest BCUT2D eigenvalue weighted by Crippen LogP contribution is -2.30. The van der Waals surface area contributed by atoms with Crippen LogP contribution in [0.25, 0.3) is 11.0 Å². The second-order valence-corrected chi connectivity index (χ2v) is 9.63. The van der Waals surface area contributed by atoms with Crippen LogP contribution in [0.2, 0.25) is 5.02 Å². The van der Waals surface area contributed by atoms with Gasteiger partial charge in [-0.3, -0.25) is 4.79 Å². The molecule has 0 spiro atoms. The van der Waals surface area contributed by atoms with Crippen molar-refractivity contribution in [3.8, 4) is 0 Å². The molecule has 3 aromatic rings. The Morgan fingerprint density at radius 2 is 1.90 bits per heavy atom. The van der Waals surface area contributed by atoms with Gasteiger partial charge in [-0.05, 0) is 50.1 Å². The number of carbonyl (C=O) groups is 1. The normalized spacial score (nSPS) is 15.0. The first kappa shape index (κ1) is 20.8. The van der Waals surface area contributed by atoms with Crippen LogP contribution in [0.1, 0.15) is 29.0 Å². The first-order chi connectivity index (χ1) is 14.4. The average Bonchev–Trinajstić information content (AvgIpc) is 3.37. The van der Waals surface area contributed by atoms with Gasteiger partial charge in [-0.2, -0.15) is 4.31 Å². The van der Waals surface area contributed by atoms with E-state index in [2.05, 4.69) is 10.3 Å². The Hall–Kier alpha value is -2.42. The molecule has 30 heavy (non-hydrogen) atoms. The number of aryl methyl sites for hydroxylation is 1. The van der Waals surface area contributed by atoms with Gasteiger partial charge in [-0.25, -0.2) is 13.4 Å². The van der Waals surface area contributed by atoms with Crippen molar-refractivity contribution < 1.29 is 13.2 Å². The van der Waals surface area contributed by atoms with E-state index in [4.69, 9.17) is 11.6 Å². The molecule has 1 N–H and O–H groups in total. The highest BCUT2D eigenvalue weighted by atomic mass is 35.5. The smallest absolute Gasteiger partial charge is 0.251 e. The molecule has 0 unspecified atom stereocenters. The molecule has 0 atom stereocenters. The van der Waals surface area contributed by atoms with Gasteiger partial charge >= 0.3 is 0 Å². The summed E-state index contributed by atoms with van der Waals surface area (Å²) >= 11 is 6.16. The minimum absolute atomic E-state index is 0.0184. The highest BCUT2D eigenvalue weighted by Gasteiger charge is 2.29. The molecule has 9 heteroatoms. The van der Waals surface area contributed by atoms with Crippen LogP contribution in [0.4, 0.5) is 0 Å². The van der Waals surface area contributed by atoms with Crippen LogP contribution < -0.4 is 5.32 Å². The summed E-state index contributed by atoms with van der Waals surface area (Å²) in [6.07, 6.45) is 1.67. The van der Waals surface area contributed by atoms with E-state index >= 15 is 0 Å². The fraction of sp³-hybridized carbons (Fsp3) is 0.333. The van der Waals surface area contributed by atoms with E-state index in [1.54, 1.807) is 6.07 Å². The van der Waals surface area contributed by atoms with Crippen LogP contribution in [-0.4, -0.2) is 47.8 Å². The van der Waals surface area contributed by atoms with Crippen LogP contribution in [0.15, 0.2) is 47.4 Å². The number of hydrogen-bond acceptors (Lipinski definition) is 4. The number of sulfonamides is 1. The van der Waals surface area contributed by atoms with Crippen molar-refractivity contribution in [1.82, 2.24) is 19.2 Å². The summed E-state index contributed by atoms with van der Waals surface area (Å²) in [4.78, 5) is 17.1. The van der Waals surface area contributed by atoms with Gasteiger partial charge < -0.3 is 9.88 Å². The van der Waals surface area contributed by atoms with Crippen molar-refractivity contribution >= 4 is 38.6 Å². The summed E-state index contributed by atoms with van der Waals surface area (Å²) in [6, 6.07) is 12.2. The zero-order chi connectivity index (χ0) is 21.3. The van der Waals surface area contributed by atoms with Gasteiger partial charge in [0, 0.05) is 31.7 Å². The summed E-state index contributed by atoms with van der Waals surface area (Å²) < 4.78 is 29.2. The molecule has 1 aliphatic rings. The lowest BCUT2D eigenvalue weighted by Gasteiger charge is -2.17. The number of aromatic nitrogens is 2. The third-order valence-electron chi connectivity index (χ3n) is 5.34. The van der Waals surface area contributed by atoms with Crippen LogP contribution in [0.5, 0.6) is 0 Å². The zero-order valence-electron chi connectivity index (χ0n) is 16.6. The molecule has 1 aromatic heterocycles. The van der Waals surface area contributed by atoms with Gasteiger partial charge in [0.1, 0.15) is 10.7 Å². The molecule has 0 aliphatic carbocycles. The van der Waals surface area contributed by atoms with Crippen LogP contribution in [0, 0.1) is 6.92 Å². The van der Waals surface area contributed by atoms with Crippen LogP contribution in [-0.2, 0) is 16.6 Å².